The normalized spacial score (nSPS) is 35.5. The van der Waals surface area contributed by atoms with Crippen molar-refractivity contribution in [3.8, 4) is 0 Å². The van der Waals surface area contributed by atoms with Crippen LogP contribution in [0.3, 0.4) is 0 Å². The van der Waals surface area contributed by atoms with Gasteiger partial charge in [0.2, 0.25) is 5.78 Å². The Balaban J connectivity index is 1.33. The summed E-state index contributed by atoms with van der Waals surface area (Å²) in [5.41, 5.74) is 3.07. The fourth-order valence-electron chi connectivity index (χ4n) is 10.1. The number of nitrogens with zero attached hydrogens (tertiary/aromatic N) is 2. The lowest BCUT2D eigenvalue weighted by Gasteiger charge is -2.61. The van der Waals surface area contributed by atoms with Gasteiger partial charge in [0.05, 0.1) is 18.3 Å². The zero-order valence-corrected chi connectivity index (χ0v) is 29.3. The average Bonchev–Trinajstić information content (AvgIpc) is 3.52. The van der Waals surface area contributed by atoms with E-state index in [2.05, 4.69) is 50.4 Å². The summed E-state index contributed by atoms with van der Waals surface area (Å²) in [6.07, 6.45) is 7.09. The van der Waals surface area contributed by atoms with Crippen molar-refractivity contribution in [2.24, 2.45) is 34.5 Å². The molecule has 47 heavy (non-hydrogen) atoms. The number of Topliss-reactive ketones (excluding diaryl/α,β-unsaturated/α-hetero) is 1. The number of allylic oxidation sites excluding steroid dienone is 1. The highest BCUT2D eigenvalue weighted by atomic mass is 35.5. The summed E-state index contributed by atoms with van der Waals surface area (Å²) in [6.45, 7) is 11.9. The number of hydrogen-bond acceptors (Lipinski definition) is 7. The van der Waals surface area contributed by atoms with Gasteiger partial charge in [-0.15, -0.1) is 11.6 Å². The van der Waals surface area contributed by atoms with Gasteiger partial charge in [0.25, 0.3) is 0 Å². The molecular weight excluding hydrogens is 616 g/mol. The van der Waals surface area contributed by atoms with E-state index in [-0.39, 0.29) is 53.7 Å². The number of halogens is 1. The van der Waals surface area contributed by atoms with Crippen molar-refractivity contribution < 1.29 is 29.0 Å². The molecular formula is C38H49ClN2O6. The zero-order valence-electron chi connectivity index (χ0n) is 28.6. The van der Waals surface area contributed by atoms with E-state index in [1.54, 1.807) is 13.8 Å². The van der Waals surface area contributed by atoms with Crippen LogP contribution in [0.5, 0.6) is 0 Å². The van der Waals surface area contributed by atoms with E-state index in [1.165, 1.54) is 16.7 Å². The minimum Gasteiger partial charge on any atom is -0.457 e. The summed E-state index contributed by atoms with van der Waals surface area (Å²) in [5.74, 6) is -2.08. The smallest absolute Gasteiger partial charge is 0.306 e. The first-order valence-electron chi connectivity index (χ1n) is 17.4. The van der Waals surface area contributed by atoms with Crippen LogP contribution in [-0.2, 0) is 43.2 Å². The van der Waals surface area contributed by atoms with Gasteiger partial charge in [-0.3, -0.25) is 19.1 Å². The standard InChI is InChI=1S/C38H49ClN2O6/c1-7-23-10-12-24(13-11-23)19-41-20-25-17-36(5)26(16-29(25)40-41)15-28(39)34-27-14-22(4)38(47-33(45)9-3,31(43)21-46-32(44)8-2)37(27,6)18-30(42)35(34)36/h10-13,16,20,22,27-28,30,34-35,42H,7-9,14-15,17-19,21H2,1-6H3/t22-,27+,28-,30+,34-,35+,36+,37+,38?/m1/s1. The van der Waals surface area contributed by atoms with Crippen molar-refractivity contribution in [2.75, 3.05) is 6.61 Å². The number of carbonyl (C=O) groups excluding carboxylic acids is 3. The molecule has 1 N–H and O–H groups in total. The van der Waals surface area contributed by atoms with Crippen LogP contribution in [-0.4, -0.2) is 56.3 Å². The molecule has 1 aromatic carbocycles. The molecule has 4 aliphatic carbocycles. The predicted molar refractivity (Wildman–Crippen MR) is 180 cm³/mol. The number of aliphatic hydroxyl groups is 1. The number of rotatable bonds is 9. The summed E-state index contributed by atoms with van der Waals surface area (Å²) >= 11 is 7.37. The van der Waals surface area contributed by atoms with Gasteiger partial charge in [-0.25, -0.2) is 0 Å². The number of esters is 2. The number of aryl methyl sites for hydroxylation is 1. The van der Waals surface area contributed by atoms with E-state index >= 15 is 0 Å². The summed E-state index contributed by atoms with van der Waals surface area (Å²) < 4.78 is 13.5. The molecule has 0 aliphatic heterocycles. The Morgan fingerprint density at radius 3 is 2.40 bits per heavy atom. The first kappa shape index (κ1) is 33.9. The first-order chi connectivity index (χ1) is 22.3. The molecule has 3 fully saturated rings. The number of hydrogen-bond donors (Lipinski definition) is 1. The molecule has 0 spiro atoms. The first-order valence-corrected chi connectivity index (χ1v) is 17.8. The third-order valence-electron chi connectivity index (χ3n) is 12.3. The number of alkyl halides is 1. The number of benzene rings is 1. The molecule has 1 aromatic heterocycles. The Morgan fingerprint density at radius 1 is 1.06 bits per heavy atom. The maximum Gasteiger partial charge on any atom is 0.306 e. The molecule has 0 saturated heterocycles. The summed E-state index contributed by atoms with van der Waals surface area (Å²) in [5, 5.41) is 16.9. The van der Waals surface area contributed by atoms with Crippen LogP contribution in [0.1, 0.15) is 96.0 Å². The quantitative estimate of drug-likeness (QED) is 0.247. The Hall–Kier alpha value is -2.97. The zero-order chi connectivity index (χ0) is 33.9. The maximum atomic E-state index is 14.2. The number of ketones is 1. The molecule has 3 saturated carbocycles. The Kier molecular flexibility index (Phi) is 9.01. The molecule has 8 nitrogen and oxygen atoms in total. The molecule has 0 radical (unpaired) electrons. The van der Waals surface area contributed by atoms with Crippen molar-refractivity contribution in [2.45, 2.75) is 110 Å². The molecule has 2 aromatic rings. The maximum absolute atomic E-state index is 14.2. The molecule has 254 valence electrons. The minimum absolute atomic E-state index is 0.0857. The Bertz CT molecular complexity index is 1580. The van der Waals surface area contributed by atoms with Gasteiger partial charge in [0.15, 0.2) is 12.2 Å². The van der Waals surface area contributed by atoms with Crippen LogP contribution in [0.15, 0.2) is 36.0 Å². The number of carbonyl (C=O) groups is 3. The summed E-state index contributed by atoms with van der Waals surface area (Å²) in [7, 11) is 0. The van der Waals surface area contributed by atoms with E-state index in [9.17, 15) is 19.5 Å². The fraction of sp³-hybridized carbons (Fsp3) is 0.632. The molecule has 0 amide bonds. The van der Waals surface area contributed by atoms with Crippen LogP contribution in [0.2, 0.25) is 0 Å². The minimum atomic E-state index is -1.53. The second kappa shape index (κ2) is 12.5. The highest BCUT2D eigenvalue weighted by Gasteiger charge is 2.74. The largest absolute Gasteiger partial charge is 0.457 e. The molecule has 9 atom stereocenters. The van der Waals surface area contributed by atoms with Gasteiger partial charge in [-0.2, -0.15) is 5.10 Å². The number of fused-ring (bicyclic) bond motifs is 6. The lowest BCUT2D eigenvalue weighted by molar-refractivity contribution is -0.207. The van der Waals surface area contributed by atoms with Gasteiger partial charge < -0.3 is 14.6 Å². The van der Waals surface area contributed by atoms with E-state index in [4.69, 9.17) is 26.2 Å². The van der Waals surface area contributed by atoms with Gasteiger partial charge in [-0.05, 0) is 78.0 Å². The lowest BCUT2D eigenvalue weighted by Crippen LogP contribution is -2.66. The topological polar surface area (TPSA) is 108 Å². The predicted octanol–water partition coefficient (Wildman–Crippen LogP) is 6.32. The van der Waals surface area contributed by atoms with Crippen LogP contribution in [0, 0.1) is 34.5 Å². The molecule has 1 unspecified atom stereocenters. The van der Waals surface area contributed by atoms with Crippen molar-refractivity contribution in [1.82, 2.24) is 9.78 Å². The van der Waals surface area contributed by atoms with Crippen molar-refractivity contribution in [3.63, 3.8) is 0 Å². The highest BCUT2D eigenvalue weighted by Crippen LogP contribution is 2.70. The van der Waals surface area contributed by atoms with E-state index in [0.717, 1.165) is 24.1 Å². The number of aliphatic hydroxyl groups excluding tert-OH is 1. The van der Waals surface area contributed by atoms with E-state index in [1.807, 2.05) is 18.5 Å². The third kappa shape index (κ3) is 5.38. The van der Waals surface area contributed by atoms with Gasteiger partial charge >= 0.3 is 11.9 Å². The van der Waals surface area contributed by atoms with E-state index < -0.39 is 41.4 Å². The van der Waals surface area contributed by atoms with Crippen LogP contribution >= 0.6 is 11.6 Å². The fourth-order valence-corrected chi connectivity index (χ4v) is 10.6. The SMILES string of the molecule is CCC(=O)OCC(=O)C1(OC(=O)CC)[C@H](C)C[C@H]2[C@H]3[C@H]([C@@H](O)C[C@@]21C)[C@@]1(C)Cc2cn(Cc4ccc(CC)cc4)nc2C=C1C[C@H]3Cl. The monoisotopic (exact) mass is 664 g/mol. The summed E-state index contributed by atoms with van der Waals surface area (Å²) in [4.78, 5) is 39.2. The molecule has 6 rings (SSSR count). The van der Waals surface area contributed by atoms with Crippen molar-refractivity contribution in [1.29, 1.82) is 0 Å². The van der Waals surface area contributed by atoms with Crippen LogP contribution in [0.25, 0.3) is 6.08 Å². The molecule has 4 aliphatic rings. The van der Waals surface area contributed by atoms with Crippen LogP contribution < -0.4 is 0 Å². The van der Waals surface area contributed by atoms with Crippen LogP contribution in [0.4, 0.5) is 0 Å². The average molecular weight is 665 g/mol. The molecule has 1 heterocycles. The Labute approximate surface area is 283 Å². The van der Waals surface area contributed by atoms with Crippen molar-refractivity contribution in [3.05, 3.63) is 58.4 Å². The second-order valence-electron chi connectivity index (χ2n) is 14.9. The van der Waals surface area contributed by atoms with Gasteiger partial charge in [0.1, 0.15) is 0 Å². The highest BCUT2D eigenvalue weighted by molar-refractivity contribution is 6.21. The second-order valence-corrected chi connectivity index (χ2v) is 15.5. The van der Waals surface area contributed by atoms with Gasteiger partial charge in [0, 0.05) is 35.7 Å². The van der Waals surface area contributed by atoms with Gasteiger partial charge in [-0.1, -0.05) is 71.4 Å². The molecule has 0 bridgehead atoms. The number of aromatic nitrogens is 2. The van der Waals surface area contributed by atoms with Crippen molar-refractivity contribution >= 4 is 35.4 Å². The molecule has 9 heteroatoms. The lowest BCUT2D eigenvalue weighted by atomic mass is 9.45. The number of ether oxygens (including phenoxy) is 2. The summed E-state index contributed by atoms with van der Waals surface area (Å²) in [6, 6.07) is 8.66. The third-order valence-corrected chi connectivity index (χ3v) is 12.8. The Morgan fingerprint density at radius 2 is 1.74 bits per heavy atom. The van der Waals surface area contributed by atoms with E-state index in [0.29, 0.717) is 19.4 Å².